The number of hydrogen-bond acceptors (Lipinski definition) is 6. The molecular weight excluding hydrogens is 410 g/mol. The summed E-state index contributed by atoms with van der Waals surface area (Å²) in [5, 5.41) is 0. The molecule has 0 fully saturated rings. The molecule has 0 aromatic carbocycles. The van der Waals surface area contributed by atoms with Gasteiger partial charge in [-0.05, 0) is 44.2 Å². The topological polar surface area (TPSA) is 72.0 Å². The van der Waals surface area contributed by atoms with Gasteiger partial charge in [0.25, 0.3) is 11.1 Å². The number of thioether (sulfide) groups is 1. The number of pyridine rings is 2. The first-order chi connectivity index (χ1) is 14.9. The van der Waals surface area contributed by atoms with Crippen LogP contribution in [0.1, 0.15) is 22.5 Å². The predicted octanol–water partition coefficient (Wildman–Crippen LogP) is 2.68. The van der Waals surface area contributed by atoms with Crippen molar-refractivity contribution in [1.82, 2.24) is 23.7 Å². The third-order valence-corrected chi connectivity index (χ3v) is 6.15. The van der Waals surface area contributed by atoms with Crippen LogP contribution in [0, 0.1) is 13.8 Å². The molecule has 8 heteroatoms. The highest BCUT2D eigenvalue weighted by Gasteiger charge is 2.08. The number of rotatable bonds is 7. The molecule has 31 heavy (non-hydrogen) atoms. The SMILES string of the molecule is Cc1cccn2c(=O)cc(CSCCN(C)Cc3cc(=O)n4cccc(C)c4n3)nc12. The van der Waals surface area contributed by atoms with Gasteiger partial charge in [0.1, 0.15) is 11.3 Å². The van der Waals surface area contributed by atoms with E-state index >= 15 is 0 Å². The quantitative estimate of drug-likeness (QED) is 0.416. The summed E-state index contributed by atoms with van der Waals surface area (Å²) in [6.45, 7) is 5.36. The van der Waals surface area contributed by atoms with E-state index in [1.54, 1.807) is 45.1 Å². The molecule has 0 saturated heterocycles. The second kappa shape index (κ2) is 9.03. The standard InChI is InChI=1S/C23H25N5O2S/c1-16-6-4-8-27-20(29)12-18(24-22(16)27)14-26(3)10-11-31-15-19-13-21(30)28-9-5-7-17(2)23(28)25-19/h4-9,12-13H,10-11,14-15H2,1-3H3. The Balaban J connectivity index is 1.35. The summed E-state index contributed by atoms with van der Waals surface area (Å²) in [4.78, 5) is 36.1. The van der Waals surface area contributed by atoms with E-state index < -0.39 is 0 Å². The monoisotopic (exact) mass is 435 g/mol. The molecule has 0 amide bonds. The summed E-state index contributed by atoms with van der Waals surface area (Å²) in [7, 11) is 2.02. The third-order valence-electron chi connectivity index (χ3n) is 5.18. The number of aromatic nitrogens is 4. The number of nitrogens with zero attached hydrogens (tertiary/aromatic N) is 5. The van der Waals surface area contributed by atoms with E-state index in [1.807, 2.05) is 45.2 Å². The molecule has 0 aliphatic heterocycles. The second-order valence-corrected chi connectivity index (χ2v) is 8.84. The van der Waals surface area contributed by atoms with Crippen LogP contribution in [0.2, 0.25) is 0 Å². The second-order valence-electron chi connectivity index (χ2n) is 7.73. The summed E-state index contributed by atoms with van der Waals surface area (Å²) in [6, 6.07) is 10.8. The highest BCUT2D eigenvalue weighted by Crippen LogP contribution is 2.13. The Morgan fingerprint density at radius 2 is 1.45 bits per heavy atom. The summed E-state index contributed by atoms with van der Waals surface area (Å²) in [5.74, 6) is 1.57. The van der Waals surface area contributed by atoms with E-state index in [2.05, 4.69) is 14.9 Å². The van der Waals surface area contributed by atoms with Crippen LogP contribution in [-0.2, 0) is 12.3 Å². The van der Waals surface area contributed by atoms with Crippen LogP contribution in [0.5, 0.6) is 0 Å². The van der Waals surface area contributed by atoms with E-state index in [-0.39, 0.29) is 11.1 Å². The zero-order valence-electron chi connectivity index (χ0n) is 17.9. The lowest BCUT2D eigenvalue weighted by Gasteiger charge is -2.16. The van der Waals surface area contributed by atoms with Crippen LogP contribution in [0.15, 0.2) is 58.4 Å². The number of hydrogen-bond donors (Lipinski definition) is 0. The van der Waals surface area contributed by atoms with Gasteiger partial charge in [0.15, 0.2) is 0 Å². The zero-order valence-corrected chi connectivity index (χ0v) is 18.7. The molecule has 160 valence electrons. The van der Waals surface area contributed by atoms with E-state index in [9.17, 15) is 9.59 Å². The van der Waals surface area contributed by atoms with Crippen LogP contribution < -0.4 is 11.1 Å². The van der Waals surface area contributed by atoms with Crippen molar-refractivity contribution in [2.45, 2.75) is 26.1 Å². The maximum absolute atomic E-state index is 12.4. The normalized spacial score (nSPS) is 11.6. The zero-order chi connectivity index (χ0) is 22.0. The first-order valence-electron chi connectivity index (χ1n) is 10.1. The minimum absolute atomic E-state index is 0.0506. The molecule has 0 N–H and O–H groups in total. The molecule has 7 nitrogen and oxygen atoms in total. The number of aryl methyl sites for hydroxylation is 2. The summed E-state index contributed by atoms with van der Waals surface area (Å²) in [5.41, 5.74) is 4.84. The molecule has 0 saturated carbocycles. The fourth-order valence-corrected chi connectivity index (χ4v) is 4.47. The fraction of sp³-hybridized carbons (Fsp3) is 0.304. The third kappa shape index (κ3) is 4.70. The predicted molar refractivity (Wildman–Crippen MR) is 125 cm³/mol. The highest BCUT2D eigenvalue weighted by molar-refractivity contribution is 7.98. The lowest BCUT2D eigenvalue weighted by Crippen LogP contribution is -2.24. The highest BCUT2D eigenvalue weighted by atomic mass is 32.2. The van der Waals surface area contributed by atoms with E-state index in [4.69, 9.17) is 0 Å². The summed E-state index contributed by atoms with van der Waals surface area (Å²) < 4.78 is 3.16. The minimum atomic E-state index is -0.0598. The van der Waals surface area contributed by atoms with E-state index in [1.165, 1.54) is 0 Å². The average molecular weight is 436 g/mol. The molecule has 4 aromatic heterocycles. The van der Waals surface area contributed by atoms with Crippen LogP contribution in [-0.4, -0.2) is 43.0 Å². The van der Waals surface area contributed by atoms with Crippen LogP contribution >= 0.6 is 11.8 Å². The Bertz CT molecular complexity index is 1360. The Morgan fingerprint density at radius 1 is 0.903 bits per heavy atom. The Kier molecular flexibility index (Phi) is 6.20. The molecule has 4 rings (SSSR count). The lowest BCUT2D eigenvalue weighted by atomic mass is 10.3. The van der Waals surface area contributed by atoms with Gasteiger partial charge in [-0.3, -0.25) is 23.3 Å². The molecule has 0 bridgehead atoms. The van der Waals surface area contributed by atoms with Crippen LogP contribution in [0.4, 0.5) is 0 Å². The lowest BCUT2D eigenvalue weighted by molar-refractivity contribution is 0.344. The van der Waals surface area contributed by atoms with Gasteiger partial charge in [-0.25, -0.2) is 9.97 Å². The van der Waals surface area contributed by atoms with Gasteiger partial charge in [-0.15, -0.1) is 0 Å². The van der Waals surface area contributed by atoms with Crippen molar-refractivity contribution in [2.24, 2.45) is 0 Å². The molecule has 0 atom stereocenters. The van der Waals surface area contributed by atoms with Crippen molar-refractivity contribution in [3.05, 3.63) is 92.0 Å². The molecule has 0 spiro atoms. The van der Waals surface area contributed by atoms with Gasteiger partial charge in [0.2, 0.25) is 0 Å². The van der Waals surface area contributed by atoms with Crippen LogP contribution in [0.25, 0.3) is 11.3 Å². The summed E-state index contributed by atoms with van der Waals surface area (Å²) >= 11 is 1.74. The van der Waals surface area contributed by atoms with Gasteiger partial charge in [-0.1, -0.05) is 12.1 Å². The van der Waals surface area contributed by atoms with Crippen molar-refractivity contribution in [3.63, 3.8) is 0 Å². The van der Waals surface area contributed by atoms with Gasteiger partial charge in [-0.2, -0.15) is 11.8 Å². The Hall–Kier alpha value is -2.97. The maximum atomic E-state index is 12.4. The Labute approximate surface area is 184 Å². The van der Waals surface area contributed by atoms with Crippen molar-refractivity contribution in [3.8, 4) is 0 Å². The van der Waals surface area contributed by atoms with Crippen LogP contribution in [0.3, 0.4) is 0 Å². The van der Waals surface area contributed by atoms with Gasteiger partial charge < -0.3 is 0 Å². The average Bonchev–Trinajstić information content (AvgIpc) is 2.73. The van der Waals surface area contributed by atoms with Gasteiger partial charge in [0, 0.05) is 49.1 Å². The van der Waals surface area contributed by atoms with Crippen molar-refractivity contribution in [1.29, 1.82) is 0 Å². The van der Waals surface area contributed by atoms with E-state index in [0.29, 0.717) is 23.6 Å². The Morgan fingerprint density at radius 3 is 2.06 bits per heavy atom. The largest absolute Gasteiger partial charge is 0.300 e. The molecule has 0 unspecified atom stereocenters. The maximum Gasteiger partial charge on any atom is 0.258 e. The van der Waals surface area contributed by atoms with Crippen molar-refractivity contribution in [2.75, 3.05) is 19.3 Å². The fourth-order valence-electron chi connectivity index (χ4n) is 3.53. The molecular formula is C23H25N5O2S. The van der Waals surface area contributed by atoms with Crippen molar-refractivity contribution >= 4 is 23.1 Å². The first-order valence-corrected chi connectivity index (χ1v) is 11.3. The molecule has 0 radical (unpaired) electrons. The van der Waals surface area contributed by atoms with Gasteiger partial charge in [0.05, 0.1) is 11.4 Å². The molecule has 0 aliphatic carbocycles. The van der Waals surface area contributed by atoms with Crippen molar-refractivity contribution < 1.29 is 0 Å². The minimum Gasteiger partial charge on any atom is -0.300 e. The molecule has 0 aliphatic rings. The van der Waals surface area contributed by atoms with E-state index in [0.717, 1.165) is 34.8 Å². The van der Waals surface area contributed by atoms with Gasteiger partial charge >= 0.3 is 0 Å². The smallest absolute Gasteiger partial charge is 0.258 e. The summed E-state index contributed by atoms with van der Waals surface area (Å²) in [6.07, 6.45) is 3.49. The molecule has 4 heterocycles. The first kappa shape index (κ1) is 21.3. The number of fused-ring (bicyclic) bond motifs is 2. The molecule has 4 aromatic rings.